The summed E-state index contributed by atoms with van der Waals surface area (Å²) in [7, 11) is 0. The van der Waals surface area contributed by atoms with Crippen molar-refractivity contribution in [3.05, 3.63) is 0 Å². The van der Waals surface area contributed by atoms with Crippen molar-refractivity contribution in [2.45, 2.75) is 31.5 Å². The smallest absolute Gasteiger partial charge is 0.371 e. The number of hydrogen-bond acceptors (Lipinski definition) is 3. The number of rotatable bonds is 7. The summed E-state index contributed by atoms with van der Waals surface area (Å²) in [4.78, 5) is 2.03. The van der Waals surface area contributed by atoms with Crippen molar-refractivity contribution in [2.75, 3.05) is 26.3 Å². The topological polar surface area (TPSA) is 36.3 Å². The maximum Gasteiger partial charge on any atom is 0.411 e. The van der Waals surface area contributed by atoms with Gasteiger partial charge in [-0.05, 0) is 12.8 Å². The van der Waals surface area contributed by atoms with Gasteiger partial charge in [-0.3, -0.25) is 4.90 Å². The molecule has 0 aromatic carbocycles. The molecular formula is C10H15F3N2O. The van der Waals surface area contributed by atoms with E-state index in [-0.39, 0.29) is 6.61 Å². The van der Waals surface area contributed by atoms with Crippen LogP contribution in [0.3, 0.4) is 0 Å². The predicted octanol–water partition coefficient (Wildman–Crippen LogP) is 1.94. The average molecular weight is 236 g/mol. The summed E-state index contributed by atoms with van der Waals surface area (Å²) < 4.78 is 39.9. The Morgan fingerprint density at radius 3 is 2.50 bits per heavy atom. The van der Waals surface area contributed by atoms with Gasteiger partial charge in [-0.2, -0.15) is 18.4 Å². The minimum Gasteiger partial charge on any atom is -0.371 e. The van der Waals surface area contributed by atoms with E-state index in [0.29, 0.717) is 25.6 Å². The molecule has 1 saturated carbocycles. The van der Waals surface area contributed by atoms with Gasteiger partial charge in [0.15, 0.2) is 0 Å². The zero-order valence-corrected chi connectivity index (χ0v) is 8.96. The van der Waals surface area contributed by atoms with Crippen LogP contribution in [0.5, 0.6) is 0 Å². The molecule has 0 bridgehead atoms. The van der Waals surface area contributed by atoms with E-state index < -0.39 is 12.8 Å². The van der Waals surface area contributed by atoms with E-state index in [1.165, 1.54) is 0 Å². The Balaban J connectivity index is 2.11. The van der Waals surface area contributed by atoms with Crippen molar-refractivity contribution in [3.63, 3.8) is 0 Å². The fraction of sp³-hybridized carbons (Fsp3) is 0.900. The molecule has 6 heteroatoms. The first kappa shape index (κ1) is 13.3. The summed E-state index contributed by atoms with van der Waals surface area (Å²) in [6.07, 6.45) is -1.69. The zero-order chi connectivity index (χ0) is 12.0. The Morgan fingerprint density at radius 1 is 1.31 bits per heavy atom. The van der Waals surface area contributed by atoms with Crippen LogP contribution >= 0.6 is 0 Å². The molecule has 0 heterocycles. The predicted molar refractivity (Wildman–Crippen MR) is 51.7 cm³/mol. The lowest BCUT2D eigenvalue weighted by Gasteiger charge is -2.20. The largest absolute Gasteiger partial charge is 0.411 e. The minimum absolute atomic E-state index is 0.0709. The Morgan fingerprint density at radius 2 is 2.00 bits per heavy atom. The second-order valence-corrected chi connectivity index (χ2v) is 3.84. The van der Waals surface area contributed by atoms with E-state index in [0.717, 1.165) is 12.8 Å². The number of halogens is 3. The molecule has 16 heavy (non-hydrogen) atoms. The maximum absolute atomic E-state index is 11.8. The van der Waals surface area contributed by atoms with Gasteiger partial charge in [0.05, 0.1) is 12.7 Å². The molecule has 0 saturated heterocycles. The molecule has 0 amide bonds. The molecule has 1 fully saturated rings. The molecule has 0 aromatic rings. The fourth-order valence-corrected chi connectivity index (χ4v) is 1.48. The van der Waals surface area contributed by atoms with Crippen molar-refractivity contribution in [2.24, 2.45) is 0 Å². The minimum atomic E-state index is -4.25. The Bertz CT molecular complexity index is 245. The quantitative estimate of drug-likeness (QED) is 0.634. The summed E-state index contributed by atoms with van der Waals surface area (Å²) in [5, 5.41) is 8.44. The summed E-state index contributed by atoms with van der Waals surface area (Å²) >= 11 is 0. The Kier molecular flexibility index (Phi) is 5.03. The second kappa shape index (κ2) is 6.06. The SMILES string of the molecule is N#CCCN(CCOCC(F)(F)F)C1CC1. The van der Waals surface area contributed by atoms with E-state index in [4.69, 9.17) is 5.26 Å². The van der Waals surface area contributed by atoms with Gasteiger partial charge in [0, 0.05) is 25.6 Å². The van der Waals surface area contributed by atoms with Crippen molar-refractivity contribution in [3.8, 4) is 6.07 Å². The summed E-state index contributed by atoms with van der Waals surface area (Å²) in [5.74, 6) is 0. The number of alkyl halides is 3. The number of nitriles is 1. The number of hydrogen-bond donors (Lipinski definition) is 0. The number of nitrogens with zero attached hydrogens (tertiary/aromatic N) is 2. The van der Waals surface area contributed by atoms with E-state index in [2.05, 4.69) is 4.74 Å². The van der Waals surface area contributed by atoms with Gasteiger partial charge < -0.3 is 4.74 Å². The van der Waals surface area contributed by atoms with Gasteiger partial charge in [-0.25, -0.2) is 0 Å². The third-order valence-corrected chi connectivity index (χ3v) is 2.36. The molecule has 0 aliphatic heterocycles. The molecule has 1 rings (SSSR count). The van der Waals surface area contributed by atoms with Crippen molar-refractivity contribution in [1.29, 1.82) is 5.26 Å². The normalized spacial score (nSPS) is 16.4. The maximum atomic E-state index is 11.8. The Hall–Kier alpha value is -0.800. The molecule has 0 radical (unpaired) electrons. The van der Waals surface area contributed by atoms with Crippen LogP contribution in [0.1, 0.15) is 19.3 Å². The van der Waals surface area contributed by atoms with E-state index in [1.54, 1.807) is 0 Å². The fourth-order valence-electron chi connectivity index (χ4n) is 1.48. The molecule has 0 N–H and O–H groups in total. The van der Waals surface area contributed by atoms with E-state index in [9.17, 15) is 13.2 Å². The van der Waals surface area contributed by atoms with Gasteiger partial charge in [0.1, 0.15) is 6.61 Å². The van der Waals surface area contributed by atoms with Crippen LogP contribution in [0, 0.1) is 11.3 Å². The molecule has 0 atom stereocenters. The van der Waals surface area contributed by atoms with Gasteiger partial charge in [0.2, 0.25) is 0 Å². The second-order valence-electron chi connectivity index (χ2n) is 3.84. The monoisotopic (exact) mass is 236 g/mol. The molecule has 0 spiro atoms. The van der Waals surface area contributed by atoms with Gasteiger partial charge in [-0.1, -0.05) is 0 Å². The lowest BCUT2D eigenvalue weighted by molar-refractivity contribution is -0.174. The molecule has 0 unspecified atom stereocenters. The van der Waals surface area contributed by atoms with Crippen molar-refractivity contribution < 1.29 is 17.9 Å². The highest BCUT2D eigenvalue weighted by Gasteiger charge is 2.30. The van der Waals surface area contributed by atoms with E-state index >= 15 is 0 Å². The standard InChI is InChI=1S/C10H15F3N2O/c11-10(12,13)8-16-7-6-15(5-1-4-14)9-2-3-9/h9H,1-3,5-8H2. The molecule has 92 valence electrons. The highest BCUT2D eigenvalue weighted by molar-refractivity contribution is 4.86. The van der Waals surface area contributed by atoms with Crippen LogP contribution in [0.15, 0.2) is 0 Å². The first-order chi connectivity index (χ1) is 7.53. The highest BCUT2D eigenvalue weighted by atomic mass is 19.4. The van der Waals surface area contributed by atoms with Crippen LogP contribution in [0.25, 0.3) is 0 Å². The molecule has 1 aliphatic rings. The third-order valence-electron chi connectivity index (χ3n) is 2.36. The van der Waals surface area contributed by atoms with Gasteiger partial charge in [-0.15, -0.1) is 0 Å². The third kappa shape index (κ3) is 5.93. The summed E-state index contributed by atoms with van der Waals surface area (Å²) in [6, 6.07) is 2.48. The van der Waals surface area contributed by atoms with Gasteiger partial charge >= 0.3 is 6.18 Å². The Labute approximate surface area is 92.8 Å². The van der Waals surface area contributed by atoms with Crippen molar-refractivity contribution >= 4 is 0 Å². The van der Waals surface area contributed by atoms with E-state index in [1.807, 2.05) is 11.0 Å². The molecule has 3 nitrogen and oxygen atoms in total. The lowest BCUT2D eigenvalue weighted by Crippen LogP contribution is -2.31. The lowest BCUT2D eigenvalue weighted by atomic mass is 10.4. The summed E-state index contributed by atoms with van der Waals surface area (Å²) in [5.41, 5.74) is 0. The first-order valence-electron chi connectivity index (χ1n) is 5.28. The molecule has 1 aliphatic carbocycles. The highest BCUT2D eigenvalue weighted by Crippen LogP contribution is 2.26. The molecular weight excluding hydrogens is 221 g/mol. The van der Waals surface area contributed by atoms with Crippen LogP contribution in [-0.4, -0.2) is 43.4 Å². The summed E-state index contributed by atoms with van der Waals surface area (Å²) in [6.45, 7) is -0.0236. The van der Waals surface area contributed by atoms with Crippen LogP contribution < -0.4 is 0 Å². The molecule has 0 aromatic heterocycles. The van der Waals surface area contributed by atoms with Gasteiger partial charge in [0.25, 0.3) is 0 Å². The first-order valence-corrected chi connectivity index (χ1v) is 5.28. The number of ether oxygens (including phenoxy) is 1. The average Bonchev–Trinajstić information content (AvgIpc) is 2.98. The van der Waals surface area contributed by atoms with Crippen LogP contribution in [0.4, 0.5) is 13.2 Å². The van der Waals surface area contributed by atoms with Crippen molar-refractivity contribution in [1.82, 2.24) is 4.90 Å². The van der Waals surface area contributed by atoms with Crippen LogP contribution in [-0.2, 0) is 4.74 Å². The zero-order valence-electron chi connectivity index (χ0n) is 8.96. The van der Waals surface area contributed by atoms with Crippen LogP contribution in [0.2, 0.25) is 0 Å².